The summed E-state index contributed by atoms with van der Waals surface area (Å²) in [7, 11) is 0. The number of alkyl halides is 3. The van der Waals surface area contributed by atoms with Crippen LogP contribution in [0.15, 0.2) is 42.9 Å². The molecule has 0 radical (unpaired) electrons. The predicted molar refractivity (Wildman–Crippen MR) is 87.7 cm³/mol. The molecule has 1 atom stereocenters. The minimum absolute atomic E-state index is 0.261. The lowest BCUT2D eigenvalue weighted by Crippen LogP contribution is -2.46. The van der Waals surface area contributed by atoms with Gasteiger partial charge in [0.25, 0.3) is 0 Å². The van der Waals surface area contributed by atoms with Crippen molar-refractivity contribution in [1.82, 2.24) is 14.9 Å². The number of likely N-dealkylation sites (tertiary alicyclic amines) is 1. The van der Waals surface area contributed by atoms with E-state index in [4.69, 9.17) is 4.74 Å². The lowest BCUT2D eigenvalue weighted by Gasteiger charge is -2.32. The largest absolute Gasteiger partial charge is 0.471 e. The zero-order chi connectivity index (χ0) is 18.6. The second-order valence-corrected chi connectivity index (χ2v) is 5.85. The van der Waals surface area contributed by atoms with E-state index in [0.717, 1.165) is 12.5 Å². The van der Waals surface area contributed by atoms with Crippen molar-refractivity contribution < 1.29 is 22.7 Å². The molecule has 1 saturated heterocycles. The molecular weight excluding hydrogens is 349 g/mol. The number of carbonyl (C=O) groups excluding carboxylic acids is 1. The second-order valence-electron chi connectivity index (χ2n) is 5.85. The van der Waals surface area contributed by atoms with Gasteiger partial charge >= 0.3 is 12.2 Å². The summed E-state index contributed by atoms with van der Waals surface area (Å²) in [6.07, 6.45) is 1.06. The maximum absolute atomic E-state index is 13.0. The van der Waals surface area contributed by atoms with Gasteiger partial charge in [-0.15, -0.1) is 0 Å². The lowest BCUT2D eigenvalue weighted by atomic mass is 10.1. The number of benzene rings is 1. The van der Waals surface area contributed by atoms with Crippen molar-refractivity contribution in [2.45, 2.75) is 25.1 Å². The van der Waals surface area contributed by atoms with Gasteiger partial charge in [0.1, 0.15) is 6.10 Å². The molecule has 1 aromatic heterocycles. The first-order chi connectivity index (χ1) is 12.4. The van der Waals surface area contributed by atoms with Gasteiger partial charge in [-0.25, -0.2) is 9.78 Å². The number of urea groups is 1. The molecule has 0 aliphatic carbocycles. The van der Waals surface area contributed by atoms with Crippen molar-refractivity contribution in [2.75, 3.05) is 18.4 Å². The Labute approximate surface area is 148 Å². The third-order valence-electron chi connectivity index (χ3n) is 3.97. The van der Waals surface area contributed by atoms with Crippen LogP contribution in [0.4, 0.5) is 23.7 Å². The summed E-state index contributed by atoms with van der Waals surface area (Å²) in [4.78, 5) is 21.8. The van der Waals surface area contributed by atoms with E-state index in [1.807, 2.05) is 0 Å². The molecule has 2 heterocycles. The molecule has 26 heavy (non-hydrogen) atoms. The van der Waals surface area contributed by atoms with E-state index in [0.29, 0.717) is 18.8 Å². The van der Waals surface area contributed by atoms with Crippen LogP contribution in [0.1, 0.15) is 18.4 Å². The summed E-state index contributed by atoms with van der Waals surface area (Å²) in [6.45, 7) is 0.705. The van der Waals surface area contributed by atoms with Crippen LogP contribution in [0.25, 0.3) is 0 Å². The van der Waals surface area contributed by atoms with Crippen LogP contribution in [0.3, 0.4) is 0 Å². The Balaban J connectivity index is 1.65. The molecule has 6 nitrogen and oxygen atoms in total. The molecule has 0 spiro atoms. The molecule has 1 aliphatic rings. The van der Waals surface area contributed by atoms with E-state index in [-0.39, 0.29) is 18.3 Å². The van der Waals surface area contributed by atoms with E-state index in [2.05, 4.69) is 15.3 Å². The highest BCUT2D eigenvalue weighted by molar-refractivity contribution is 5.90. The number of amides is 2. The number of carbonyl (C=O) groups is 1. The lowest BCUT2D eigenvalue weighted by molar-refractivity contribution is -0.136. The number of hydrogen-bond donors (Lipinski definition) is 1. The van der Waals surface area contributed by atoms with Gasteiger partial charge in [0, 0.05) is 18.9 Å². The van der Waals surface area contributed by atoms with Gasteiger partial charge in [-0.3, -0.25) is 4.98 Å². The fourth-order valence-electron chi connectivity index (χ4n) is 2.77. The van der Waals surface area contributed by atoms with Crippen LogP contribution >= 0.6 is 0 Å². The number of nitrogens with zero attached hydrogens (tertiary/aromatic N) is 3. The average Bonchev–Trinajstić information content (AvgIpc) is 2.62. The van der Waals surface area contributed by atoms with Gasteiger partial charge in [0.05, 0.1) is 24.0 Å². The Hall–Kier alpha value is -2.84. The third-order valence-corrected chi connectivity index (χ3v) is 3.97. The smallest absolute Gasteiger partial charge is 0.418 e. The molecule has 0 saturated carbocycles. The summed E-state index contributed by atoms with van der Waals surface area (Å²) in [5, 5.41) is 2.35. The Morgan fingerprint density at radius 1 is 1.27 bits per heavy atom. The quantitative estimate of drug-likeness (QED) is 0.902. The third kappa shape index (κ3) is 4.41. The van der Waals surface area contributed by atoms with Crippen LogP contribution in [-0.2, 0) is 6.18 Å². The number of hydrogen-bond acceptors (Lipinski definition) is 4. The van der Waals surface area contributed by atoms with Gasteiger partial charge < -0.3 is 15.0 Å². The van der Waals surface area contributed by atoms with Crippen molar-refractivity contribution in [2.24, 2.45) is 0 Å². The summed E-state index contributed by atoms with van der Waals surface area (Å²) in [5.74, 6) is 0.349. The molecule has 9 heteroatoms. The molecule has 0 bridgehead atoms. The van der Waals surface area contributed by atoms with Crippen molar-refractivity contribution in [1.29, 1.82) is 0 Å². The highest BCUT2D eigenvalue weighted by Crippen LogP contribution is 2.34. The topological polar surface area (TPSA) is 67.4 Å². The predicted octanol–water partition coefficient (Wildman–Crippen LogP) is 3.57. The molecular formula is C17H17F3N4O2. The minimum Gasteiger partial charge on any atom is -0.471 e. The zero-order valence-corrected chi connectivity index (χ0v) is 13.7. The molecule has 1 unspecified atom stereocenters. The first kappa shape index (κ1) is 18.0. The van der Waals surface area contributed by atoms with Crippen LogP contribution in [0, 0.1) is 0 Å². The molecule has 1 aromatic carbocycles. The fraction of sp³-hybridized carbons (Fsp3) is 0.353. The molecule has 1 fully saturated rings. The van der Waals surface area contributed by atoms with E-state index in [1.54, 1.807) is 0 Å². The van der Waals surface area contributed by atoms with E-state index >= 15 is 0 Å². The van der Waals surface area contributed by atoms with Crippen molar-refractivity contribution >= 4 is 11.7 Å². The van der Waals surface area contributed by atoms with E-state index in [9.17, 15) is 18.0 Å². The summed E-state index contributed by atoms with van der Waals surface area (Å²) in [6, 6.07) is 4.31. The molecule has 138 valence electrons. The molecule has 2 amide bonds. The standard InChI is InChI=1S/C17H17F3N4O2/c18-17(19,20)13-5-1-2-6-14(13)23-16(25)24-9-3-4-12(11-24)26-15-10-21-7-8-22-15/h1-2,5-8,10,12H,3-4,9,11H2,(H,23,25). The molecule has 1 N–H and O–H groups in total. The number of para-hydroxylation sites is 1. The second kappa shape index (κ2) is 7.59. The summed E-state index contributed by atoms with van der Waals surface area (Å²) < 4.78 is 44.8. The maximum atomic E-state index is 13.0. The van der Waals surface area contributed by atoms with Crippen LogP contribution in [0.5, 0.6) is 5.88 Å². The van der Waals surface area contributed by atoms with Crippen LogP contribution < -0.4 is 10.1 Å². The number of piperidine rings is 1. The Bertz CT molecular complexity index is 755. The monoisotopic (exact) mass is 366 g/mol. The SMILES string of the molecule is O=C(Nc1ccccc1C(F)(F)F)N1CCCC(Oc2cnccn2)C1. The van der Waals surface area contributed by atoms with Crippen molar-refractivity contribution in [3.63, 3.8) is 0 Å². The fourth-order valence-corrected chi connectivity index (χ4v) is 2.77. The van der Waals surface area contributed by atoms with E-state index < -0.39 is 17.8 Å². The van der Waals surface area contributed by atoms with Gasteiger partial charge in [-0.1, -0.05) is 12.1 Å². The number of aromatic nitrogens is 2. The summed E-state index contributed by atoms with van der Waals surface area (Å²) in [5.41, 5.74) is -1.14. The summed E-state index contributed by atoms with van der Waals surface area (Å²) >= 11 is 0. The molecule has 2 aromatic rings. The molecule has 1 aliphatic heterocycles. The zero-order valence-electron chi connectivity index (χ0n) is 13.7. The van der Waals surface area contributed by atoms with Gasteiger partial charge in [0.15, 0.2) is 0 Å². The first-order valence-electron chi connectivity index (χ1n) is 8.08. The minimum atomic E-state index is -4.54. The number of halogens is 3. The van der Waals surface area contributed by atoms with Crippen molar-refractivity contribution in [3.05, 3.63) is 48.4 Å². The van der Waals surface area contributed by atoms with Gasteiger partial charge in [-0.2, -0.15) is 13.2 Å². The highest BCUT2D eigenvalue weighted by Gasteiger charge is 2.34. The van der Waals surface area contributed by atoms with Gasteiger partial charge in [-0.05, 0) is 25.0 Å². The number of rotatable bonds is 3. The highest BCUT2D eigenvalue weighted by atomic mass is 19.4. The van der Waals surface area contributed by atoms with Crippen molar-refractivity contribution in [3.8, 4) is 5.88 Å². The molecule has 3 rings (SSSR count). The number of ether oxygens (including phenoxy) is 1. The average molecular weight is 366 g/mol. The first-order valence-corrected chi connectivity index (χ1v) is 8.08. The normalized spacial score (nSPS) is 17.7. The van der Waals surface area contributed by atoms with E-state index in [1.165, 1.54) is 41.7 Å². The van der Waals surface area contributed by atoms with Crippen LogP contribution in [0.2, 0.25) is 0 Å². The maximum Gasteiger partial charge on any atom is 0.418 e. The Morgan fingerprint density at radius 3 is 2.81 bits per heavy atom. The Morgan fingerprint density at radius 2 is 2.08 bits per heavy atom. The Kier molecular flexibility index (Phi) is 5.24. The van der Waals surface area contributed by atoms with Crippen LogP contribution in [-0.4, -0.2) is 40.1 Å². The number of nitrogens with one attached hydrogen (secondary N) is 1. The van der Waals surface area contributed by atoms with Gasteiger partial charge in [0.2, 0.25) is 5.88 Å². The number of anilines is 1.